The first-order chi connectivity index (χ1) is 16.1. The largest absolute Gasteiger partial charge is 0.416 e. The van der Waals surface area contributed by atoms with E-state index < -0.39 is 29.7 Å². The lowest BCUT2D eigenvalue weighted by atomic mass is 9.98. The lowest BCUT2D eigenvalue weighted by Crippen LogP contribution is -2.49. The number of anilines is 2. The smallest absolute Gasteiger partial charge is 0.326 e. The molecule has 3 N–H and O–H groups in total. The van der Waals surface area contributed by atoms with Crippen molar-refractivity contribution in [2.45, 2.75) is 39.4 Å². The number of rotatable bonds is 7. The molecule has 1 aromatic heterocycles. The standard InChI is InChI=1S/C23H24F3N5O2S/c1-4-14(3)18(28-21(33)27-17-10-6-9-16(12-17)23(24,25)26)19(32)29-22-31-30-20(34-22)15-8-5-7-13(2)11-15/h5-12,14,18H,4H2,1-3H3,(H2,27,28,33)(H,29,31,32)/t14-,18+/m0/s1. The van der Waals surface area contributed by atoms with Crippen LogP contribution in [0.4, 0.5) is 28.8 Å². The fourth-order valence-corrected chi connectivity index (χ4v) is 3.88. The second-order valence-electron chi connectivity index (χ2n) is 7.81. The summed E-state index contributed by atoms with van der Waals surface area (Å²) in [5.74, 6) is -0.753. The fourth-order valence-electron chi connectivity index (χ4n) is 3.14. The quantitative estimate of drug-likeness (QED) is 0.395. The Morgan fingerprint density at radius 1 is 1.06 bits per heavy atom. The summed E-state index contributed by atoms with van der Waals surface area (Å²) in [7, 11) is 0. The monoisotopic (exact) mass is 491 g/mol. The molecule has 0 unspecified atom stereocenters. The Morgan fingerprint density at radius 3 is 2.47 bits per heavy atom. The molecule has 0 aliphatic carbocycles. The van der Waals surface area contributed by atoms with E-state index in [1.54, 1.807) is 6.92 Å². The van der Waals surface area contributed by atoms with Crippen LogP contribution >= 0.6 is 11.3 Å². The van der Waals surface area contributed by atoms with Crippen LogP contribution in [0.2, 0.25) is 0 Å². The molecule has 2 atom stereocenters. The van der Waals surface area contributed by atoms with Gasteiger partial charge in [0.1, 0.15) is 11.0 Å². The van der Waals surface area contributed by atoms with Gasteiger partial charge in [0.15, 0.2) is 0 Å². The number of nitrogens with zero attached hydrogens (tertiary/aromatic N) is 2. The van der Waals surface area contributed by atoms with E-state index >= 15 is 0 Å². The molecule has 0 aliphatic rings. The molecule has 0 spiro atoms. The number of hydrogen-bond donors (Lipinski definition) is 3. The molecule has 0 aliphatic heterocycles. The zero-order valence-corrected chi connectivity index (χ0v) is 19.6. The number of alkyl halides is 3. The molecule has 1 heterocycles. The Hall–Kier alpha value is -3.47. The Morgan fingerprint density at radius 2 is 1.79 bits per heavy atom. The van der Waals surface area contributed by atoms with E-state index in [2.05, 4.69) is 26.1 Å². The zero-order chi connectivity index (χ0) is 24.9. The molecule has 0 bridgehead atoms. The Balaban J connectivity index is 1.69. The zero-order valence-electron chi connectivity index (χ0n) is 18.7. The van der Waals surface area contributed by atoms with Crippen molar-refractivity contribution >= 4 is 34.1 Å². The van der Waals surface area contributed by atoms with Crippen LogP contribution < -0.4 is 16.0 Å². The number of aromatic nitrogens is 2. The van der Waals surface area contributed by atoms with Crippen molar-refractivity contribution in [3.05, 3.63) is 59.7 Å². The number of urea groups is 1. The van der Waals surface area contributed by atoms with Crippen molar-refractivity contribution in [1.29, 1.82) is 0 Å². The van der Waals surface area contributed by atoms with Crippen molar-refractivity contribution in [3.63, 3.8) is 0 Å². The maximum absolute atomic E-state index is 12.9. The van der Waals surface area contributed by atoms with Crippen LogP contribution in [0, 0.1) is 12.8 Å². The van der Waals surface area contributed by atoms with E-state index in [1.165, 1.54) is 23.5 Å². The summed E-state index contributed by atoms with van der Waals surface area (Å²) < 4.78 is 38.8. The first-order valence-corrected chi connectivity index (χ1v) is 11.3. The van der Waals surface area contributed by atoms with Crippen molar-refractivity contribution in [2.24, 2.45) is 5.92 Å². The van der Waals surface area contributed by atoms with Crippen LogP contribution in [0.5, 0.6) is 0 Å². The summed E-state index contributed by atoms with van der Waals surface area (Å²) in [6, 6.07) is 10.2. The number of amides is 3. The van der Waals surface area contributed by atoms with Crippen LogP contribution in [0.25, 0.3) is 10.6 Å². The molecular weight excluding hydrogens is 467 g/mol. The Bertz CT molecular complexity index is 1170. The van der Waals surface area contributed by atoms with Crippen molar-refractivity contribution in [2.75, 3.05) is 10.6 Å². The summed E-state index contributed by atoms with van der Waals surface area (Å²) in [5, 5.41) is 16.6. The normalized spacial score (nSPS) is 13.1. The third kappa shape index (κ3) is 6.53. The van der Waals surface area contributed by atoms with Gasteiger partial charge in [-0.2, -0.15) is 13.2 Å². The molecule has 0 saturated heterocycles. The molecule has 2 aromatic carbocycles. The molecular formula is C23H24F3N5O2S. The van der Waals surface area contributed by atoms with Gasteiger partial charge >= 0.3 is 12.2 Å². The molecule has 3 amide bonds. The van der Waals surface area contributed by atoms with Gasteiger partial charge in [-0.1, -0.05) is 61.4 Å². The van der Waals surface area contributed by atoms with Crippen molar-refractivity contribution < 1.29 is 22.8 Å². The highest BCUT2D eigenvalue weighted by Gasteiger charge is 2.31. The minimum absolute atomic E-state index is 0.0393. The highest BCUT2D eigenvalue weighted by atomic mass is 32.1. The third-order valence-electron chi connectivity index (χ3n) is 5.15. The summed E-state index contributed by atoms with van der Waals surface area (Å²) in [4.78, 5) is 25.4. The Labute approximate surface area is 198 Å². The second-order valence-corrected chi connectivity index (χ2v) is 8.79. The van der Waals surface area contributed by atoms with E-state index in [0.29, 0.717) is 11.4 Å². The third-order valence-corrected chi connectivity index (χ3v) is 6.04. The molecule has 7 nitrogen and oxygen atoms in total. The molecule has 3 aromatic rings. The molecule has 0 radical (unpaired) electrons. The number of nitrogens with one attached hydrogen (secondary N) is 3. The van der Waals surface area contributed by atoms with Gasteiger partial charge in [0.25, 0.3) is 0 Å². The number of carbonyl (C=O) groups excluding carboxylic acids is 2. The van der Waals surface area contributed by atoms with E-state index in [4.69, 9.17) is 0 Å². The maximum atomic E-state index is 12.9. The van der Waals surface area contributed by atoms with Gasteiger partial charge in [0.05, 0.1) is 5.56 Å². The minimum Gasteiger partial charge on any atom is -0.326 e. The van der Waals surface area contributed by atoms with Crippen molar-refractivity contribution in [3.8, 4) is 10.6 Å². The average Bonchev–Trinajstić information content (AvgIpc) is 3.25. The van der Waals surface area contributed by atoms with Crippen LogP contribution in [0.3, 0.4) is 0 Å². The van der Waals surface area contributed by atoms with Gasteiger partial charge in [-0.3, -0.25) is 10.1 Å². The number of benzene rings is 2. The van der Waals surface area contributed by atoms with Gasteiger partial charge in [-0.15, -0.1) is 10.2 Å². The van der Waals surface area contributed by atoms with E-state index in [1.807, 2.05) is 38.1 Å². The van der Waals surface area contributed by atoms with E-state index in [-0.39, 0.29) is 16.7 Å². The summed E-state index contributed by atoms with van der Waals surface area (Å²) in [6.07, 6.45) is -3.96. The van der Waals surface area contributed by atoms with Crippen LogP contribution in [-0.2, 0) is 11.0 Å². The second kappa shape index (κ2) is 10.6. The lowest BCUT2D eigenvalue weighted by molar-refractivity contribution is -0.137. The fraction of sp³-hybridized carbons (Fsp3) is 0.304. The first kappa shape index (κ1) is 25.2. The summed E-state index contributed by atoms with van der Waals surface area (Å²) in [5.41, 5.74) is 1.01. The predicted octanol–water partition coefficient (Wildman–Crippen LogP) is 5.71. The maximum Gasteiger partial charge on any atom is 0.416 e. The average molecular weight is 492 g/mol. The molecule has 34 heavy (non-hydrogen) atoms. The van der Waals surface area contributed by atoms with E-state index in [9.17, 15) is 22.8 Å². The summed E-state index contributed by atoms with van der Waals surface area (Å²) >= 11 is 1.20. The van der Waals surface area contributed by atoms with Crippen LogP contribution in [0.15, 0.2) is 48.5 Å². The molecule has 0 fully saturated rings. The molecule has 180 valence electrons. The molecule has 11 heteroatoms. The SMILES string of the molecule is CC[C@H](C)[C@@H](NC(=O)Nc1cccc(C(F)(F)F)c1)C(=O)Nc1nnc(-c2cccc(C)c2)s1. The van der Waals surface area contributed by atoms with Gasteiger partial charge in [0, 0.05) is 11.3 Å². The number of halogens is 3. The van der Waals surface area contributed by atoms with Gasteiger partial charge < -0.3 is 10.6 Å². The number of aryl methyl sites for hydroxylation is 1. The van der Waals surface area contributed by atoms with E-state index in [0.717, 1.165) is 23.3 Å². The van der Waals surface area contributed by atoms with Crippen LogP contribution in [0.1, 0.15) is 31.4 Å². The van der Waals surface area contributed by atoms with Crippen LogP contribution in [-0.4, -0.2) is 28.2 Å². The van der Waals surface area contributed by atoms with Gasteiger partial charge in [-0.25, -0.2) is 4.79 Å². The molecule has 3 rings (SSSR count). The van der Waals surface area contributed by atoms with Gasteiger partial charge in [-0.05, 0) is 37.1 Å². The highest BCUT2D eigenvalue weighted by molar-refractivity contribution is 7.18. The Kier molecular flexibility index (Phi) is 7.87. The minimum atomic E-state index is -4.54. The molecule has 0 saturated carbocycles. The topological polar surface area (TPSA) is 96.0 Å². The number of hydrogen-bond acceptors (Lipinski definition) is 5. The highest BCUT2D eigenvalue weighted by Crippen LogP contribution is 2.31. The summed E-state index contributed by atoms with van der Waals surface area (Å²) in [6.45, 7) is 5.60. The number of carbonyl (C=O) groups is 2. The predicted molar refractivity (Wildman–Crippen MR) is 126 cm³/mol. The van der Waals surface area contributed by atoms with Gasteiger partial charge in [0.2, 0.25) is 11.0 Å². The van der Waals surface area contributed by atoms with Crippen molar-refractivity contribution in [1.82, 2.24) is 15.5 Å². The lowest BCUT2D eigenvalue weighted by Gasteiger charge is -2.23. The first-order valence-electron chi connectivity index (χ1n) is 10.5.